The van der Waals surface area contributed by atoms with Crippen molar-refractivity contribution in [2.45, 2.75) is 25.0 Å². The topological polar surface area (TPSA) is 60.8 Å². The van der Waals surface area contributed by atoms with Crippen molar-refractivity contribution in [2.75, 3.05) is 13.1 Å². The van der Waals surface area contributed by atoms with E-state index in [1.54, 1.807) is 11.3 Å². The van der Waals surface area contributed by atoms with Crippen LogP contribution in [0.15, 0.2) is 11.4 Å². The summed E-state index contributed by atoms with van der Waals surface area (Å²) in [6, 6.07) is 1.86. The van der Waals surface area contributed by atoms with Gasteiger partial charge in [0.25, 0.3) is 0 Å². The maximum absolute atomic E-state index is 10.9. The van der Waals surface area contributed by atoms with Crippen molar-refractivity contribution in [3.05, 3.63) is 21.3 Å². The molecule has 1 saturated heterocycles. The summed E-state index contributed by atoms with van der Waals surface area (Å²) in [6.45, 7) is 1.89. The van der Waals surface area contributed by atoms with Crippen LogP contribution in [-0.2, 0) is 11.3 Å². The Hall–Kier alpha value is -0.330. The van der Waals surface area contributed by atoms with Crippen molar-refractivity contribution >= 4 is 41.3 Å². The second-order valence-corrected chi connectivity index (χ2v) is 5.71. The highest BCUT2D eigenvalue weighted by Crippen LogP contribution is 2.27. The summed E-state index contributed by atoms with van der Waals surface area (Å²) >= 11 is 7.60. The Kier molecular flexibility index (Phi) is 5.43. The molecular weight excluding hydrogens is 297 g/mol. The van der Waals surface area contributed by atoms with E-state index in [1.807, 2.05) is 11.4 Å². The van der Waals surface area contributed by atoms with Gasteiger partial charge >= 0.3 is 5.97 Å². The molecule has 1 aromatic heterocycles. The van der Waals surface area contributed by atoms with Gasteiger partial charge in [0, 0.05) is 24.5 Å². The second kappa shape index (κ2) is 6.21. The summed E-state index contributed by atoms with van der Waals surface area (Å²) in [7, 11) is 0. The molecule has 0 unspecified atom stereocenters. The number of carbonyl (C=O) groups is 1. The van der Waals surface area contributed by atoms with Gasteiger partial charge in [-0.05, 0) is 24.3 Å². The van der Waals surface area contributed by atoms with Crippen LogP contribution in [-0.4, -0.2) is 39.8 Å². The van der Waals surface area contributed by atoms with E-state index in [0.717, 1.165) is 16.4 Å². The Morgan fingerprint density at radius 3 is 2.56 bits per heavy atom. The Labute approximate surface area is 121 Å². The fourth-order valence-electron chi connectivity index (χ4n) is 1.94. The number of aliphatic hydroxyl groups is 1. The van der Waals surface area contributed by atoms with Gasteiger partial charge in [0.15, 0.2) is 5.60 Å². The smallest absolute Gasteiger partial charge is 0.335 e. The molecule has 0 amide bonds. The number of halogens is 2. The summed E-state index contributed by atoms with van der Waals surface area (Å²) in [5, 5.41) is 21.4. The van der Waals surface area contributed by atoms with Crippen molar-refractivity contribution in [1.82, 2.24) is 4.90 Å². The maximum Gasteiger partial charge on any atom is 0.335 e. The third-order valence-electron chi connectivity index (χ3n) is 3.14. The van der Waals surface area contributed by atoms with Crippen LogP contribution < -0.4 is 0 Å². The molecule has 1 aliphatic heterocycles. The standard InChI is InChI=1S/C11H14ClNO3S.ClH/c12-8-1-6-17-9(8)7-13-4-2-11(16,3-5-13)10(14)15;/h1,6,16H,2-5,7H2,(H,14,15);1H. The molecule has 4 nitrogen and oxygen atoms in total. The Balaban J connectivity index is 0.00000162. The first-order valence-corrected chi connectivity index (χ1v) is 6.67. The number of piperidine rings is 1. The lowest BCUT2D eigenvalue weighted by Gasteiger charge is -2.35. The molecular formula is C11H15Cl2NO3S. The van der Waals surface area contributed by atoms with Crippen molar-refractivity contribution in [1.29, 1.82) is 0 Å². The molecule has 2 rings (SSSR count). The number of carboxylic acids is 1. The summed E-state index contributed by atoms with van der Waals surface area (Å²) in [4.78, 5) is 14.1. The highest BCUT2D eigenvalue weighted by molar-refractivity contribution is 7.10. The lowest BCUT2D eigenvalue weighted by Crippen LogP contribution is -2.48. The zero-order valence-corrected chi connectivity index (χ0v) is 12.0. The van der Waals surface area contributed by atoms with E-state index in [-0.39, 0.29) is 25.2 Å². The van der Waals surface area contributed by atoms with Crippen molar-refractivity contribution in [2.24, 2.45) is 0 Å². The third kappa shape index (κ3) is 3.36. The van der Waals surface area contributed by atoms with Crippen LogP contribution in [0.5, 0.6) is 0 Å². The molecule has 0 aliphatic carbocycles. The highest BCUT2D eigenvalue weighted by Gasteiger charge is 2.39. The molecule has 0 aromatic carbocycles. The van der Waals surface area contributed by atoms with E-state index in [4.69, 9.17) is 16.7 Å². The van der Waals surface area contributed by atoms with Gasteiger partial charge in [-0.15, -0.1) is 23.7 Å². The largest absolute Gasteiger partial charge is 0.479 e. The predicted octanol–water partition coefficient (Wildman–Crippen LogP) is 2.23. The molecule has 0 spiro atoms. The van der Waals surface area contributed by atoms with Crippen molar-refractivity contribution in [3.8, 4) is 0 Å². The zero-order valence-electron chi connectivity index (χ0n) is 9.63. The molecule has 1 fully saturated rings. The van der Waals surface area contributed by atoms with Crippen LogP contribution in [0.2, 0.25) is 5.02 Å². The van der Waals surface area contributed by atoms with Gasteiger partial charge in [-0.2, -0.15) is 0 Å². The molecule has 0 bridgehead atoms. The van der Waals surface area contributed by atoms with Crippen molar-refractivity contribution in [3.63, 3.8) is 0 Å². The SMILES string of the molecule is Cl.O=C(O)C1(O)CCN(Cc2sccc2Cl)CC1. The number of rotatable bonds is 3. The number of nitrogens with zero attached hydrogens (tertiary/aromatic N) is 1. The van der Waals surface area contributed by atoms with E-state index in [0.29, 0.717) is 13.1 Å². The average molecular weight is 312 g/mol. The summed E-state index contributed by atoms with van der Waals surface area (Å²) < 4.78 is 0. The molecule has 18 heavy (non-hydrogen) atoms. The van der Waals surface area contributed by atoms with Gasteiger partial charge in [0.05, 0.1) is 5.02 Å². The van der Waals surface area contributed by atoms with Gasteiger partial charge in [0.1, 0.15) is 0 Å². The minimum atomic E-state index is -1.55. The molecule has 2 N–H and O–H groups in total. The normalized spacial score (nSPS) is 19.2. The lowest BCUT2D eigenvalue weighted by molar-refractivity contribution is -0.163. The Morgan fingerprint density at radius 1 is 1.50 bits per heavy atom. The monoisotopic (exact) mass is 311 g/mol. The minimum Gasteiger partial charge on any atom is -0.479 e. The van der Waals surface area contributed by atoms with Crippen LogP contribution in [0.25, 0.3) is 0 Å². The quantitative estimate of drug-likeness (QED) is 0.898. The summed E-state index contributed by atoms with van der Waals surface area (Å²) in [5.41, 5.74) is -1.55. The van der Waals surface area contributed by atoms with Gasteiger partial charge in [0.2, 0.25) is 0 Å². The first kappa shape index (κ1) is 15.7. The van der Waals surface area contributed by atoms with Gasteiger partial charge in [-0.3, -0.25) is 4.90 Å². The molecule has 0 saturated carbocycles. The van der Waals surface area contributed by atoms with Crippen LogP contribution in [0.4, 0.5) is 0 Å². The van der Waals surface area contributed by atoms with E-state index in [2.05, 4.69) is 4.90 Å². The van der Waals surface area contributed by atoms with E-state index in [1.165, 1.54) is 0 Å². The molecule has 7 heteroatoms. The van der Waals surface area contributed by atoms with E-state index >= 15 is 0 Å². The van der Waals surface area contributed by atoms with Crippen molar-refractivity contribution < 1.29 is 15.0 Å². The minimum absolute atomic E-state index is 0. The third-order valence-corrected chi connectivity index (χ3v) is 4.51. The van der Waals surface area contributed by atoms with Gasteiger partial charge in [-0.1, -0.05) is 11.6 Å². The maximum atomic E-state index is 10.9. The molecule has 102 valence electrons. The number of hydrogen-bond donors (Lipinski definition) is 2. The molecule has 0 atom stereocenters. The fraction of sp³-hybridized carbons (Fsp3) is 0.545. The number of hydrogen-bond acceptors (Lipinski definition) is 4. The molecule has 0 radical (unpaired) electrons. The van der Waals surface area contributed by atoms with E-state index in [9.17, 15) is 9.90 Å². The summed E-state index contributed by atoms with van der Waals surface area (Å²) in [5.74, 6) is -1.12. The van der Waals surface area contributed by atoms with Crippen LogP contribution >= 0.6 is 35.3 Å². The first-order valence-electron chi connectivity index (χ1n) is 5.41. The van der Waals surface area contributed by atoms with Crippen LogP contribution in [0.1, 0.15) is 17.7 Å². The predicted molar refractivity (Wildman–Crippen MR) is 73.7 cm³/mol. The molecule has 2 heterocycles. The molecule has 1 aromatic rings. The number of likely N-dealkylation sites (tertiary alicyclic amines) is 1. The highest BCUT2D eigenvalue weighted by atomic mass is 35.5. The van der Waals surface area contributed by atoms with E-state index < -0.39 is 11.6 Å². The molecule has 1 aliphatic rings. The summed E-state index contributed by atoms with van der Waals surface area (Å²) in [6.07, 6.45) is 0.538. The number of thiophene rings is 1. The van der Waals surface area contributed by atoms with Gasteiger partial charge < -0.3 is 10.2 Å². The first-order chi connectivity index (χ1) is 8.01. The average Bonchev–Trinajstić information content (AvgIpc) is 2.68. The van der Waals surface area contributed by atoms with Crippen LogP contribution in [0, 0.1) is 0 Å². The number of aliphatic carboxylic acids is 1. The Morgan fingerprint density at radius 2 is 2.11 bits per heavy atom. The zero-order chi connectivity index (χ0) is 12.5. The van der Waals surface area contributed by atoms with Crippen LogP contribution in [0.3, 0.4) is 0 Å². The fourth-order valence-corrected chi connectivity index (χ4v) is 3.07. The second-order valence-electron chi connectivity index (χ2n) is 4.30. The van der Waals surface area contributed by atoms with Gasteiger partial charge in [-0.25, -0.2) is 4.79 Å². The number of carboxylic acid groups (broad SMARTS) is 1. The lowest BCUT2D eigenvalue weighted by atomic mass is 9.92. The Bertz CT molecular complexity index is 416.